The van der Waals surface area contributed by atoms with Crippen LogP contribution in [0.2, 0.25) is 0 Å². The van der Waals surface area contributed by atoms with Crippen LogP contribution in [0.1, 0.15) is 23.7 Å². The highest BCUT2D eigenvalue weighted by molar-refractivity contribution is 5.81. The molecule has 13 heavy (non-hydrogen) atoms. The van der Waals surface area contributed by atoms with E-state index in [-0.39, 0.29) is 6.10 Å². The summed E-state index contributed by atoms with van der Waals surface area (Å²) in [5.41, 5.74) is 7.90. The number of nitrogens with zero attached hydrogens (tertiary/aromatic N) is 1. The third-order valence-corrected chi connectivity index (χ3v) is 2.11. The Morgan fingerprint density at radius 3 is 3.00 bits per heavy atom. The summed E-state index contributed by atoms with van der Waals surface area (Å²) in [4.78, 5) is 5.17. The summed E-state index contributed by atoms with van der Waals surface area (Å²) in [5.74, 6) is 0.575. The minimum absolute atomic E-state index is 0.0138. The summed E-state index contributed by atoms with van der Waals surface area (Å²) >= 11 is 0. The van der Waals surface area contributed by atoms with Gasteiger partial charge in [0.25, 0.3) is 0 Å². The van der Waals surface area contributed by atoms with Crippen molar-refractivity contribution in [1.82, 2.24) is 0 Å². The van der Waals surface area contributed by atoms with E-state index in [1.54, 1.807) is 0 Å². The monoisotopic (exact) mass is 176 g/mol. The summed E-state index contributed by atoms with van der Waals surface area (Å²) in [6.45, 7) is 2.06. The average Bonchev–Trinajstić information content (AvgIpc) is 2.52. The topological polar surface area (TPSA) is 47.6 Å². The fourth-order valence-corrected chi connectivity index (χ4v) is 1.44. The van der Waals surface area contributed by atoms with Gasteiger partial charge in [0, 0.05) is 0 Å². The van der Waals surface area contributed by atoms with Crippen molar-refractivity contribution in [3.05, 3.63) is 35.4 Å². The van der Waals surface area contributed by atoms with Crippen molar-refractivity contribution in [3.63, 3.8) is 0 Å². The van der Waals surface area contributed by atoms with E-state index in [0.717, 1.165) is 5.56 Å². The Balaban J connectivity index is 2.18. The second-order valence-electron chi connectivity index (χ2n) is 3.29. The molecule has 0 saturated carbocycles. The van der Waals surface area contributed by atoms with Gasteiger partial charge in [0.05, 0.1) is 6.42 Å². The summed E-state index contributed by atoms with van der Waals surface area (Å²) in [5, 5.41) is 3.72. The Bertz CT molecular complexity index is 347. The molecule has 2 rings (SSSR count). The molecule has 1 aliphatic rings. The van der Waals surface area contributed by atoms with Crippen LogP contribution in [0.3, 0.4) is 0 Å². The molecule has 1 aliphatic heterocycles. The number of rotatable bonds is 1. The van der Waals surface area contributed by atoms with Crippen molar-refractivity contribution in [3.8, 4) is 0 Å². The minimum Gasteiger partial charge on any atom is -0.386 e. The molecule has 0 saturated heterocycles. The third kappa shape index (κ3) is 1.64. The van der Waals surface area contributed by atoms with E-state index in [1.165, 1.54) is 5.56 Å². The first-order chi connectivity index (χ1) is 6.25. The molecule has 68 valence electrons. The van der Waals surface area contributed by atoms with Crippen molar-refractivity contribution in [2.45, 2.75) is 19.4 Å². The SMILES string of the molecule is Cc1cccc(C2CC(N)=NO2)c1. The number of hydrogen-bond donors (Lipinski definition) is 1. The Kier molecular flexibility index (Phi) is 1.93. The lowest BCUT2D eigenvalue weighted by Crippen LogP contribution is -2.09. The fourth-order valence-electron chi connectivity index (χ4n) is 1.44. The number of nitrogens with two attached hydrogens (primary N) is 1. The maximum absolute atomic E-state index is 5.53. The van der Waals surface area contributed by atoms with Crippen molar-refractivity contribution in [2.75, 3.05) is 0 Å². The van der Waals surface area contributed by atoms with Gasteiger partial charge in [0.2, 0.25) is 0 Å². The van der Waals surface area contributed by atoms with E-state index in [2.05, 4.69) is 24.2 Å². The van der Waals surface area contributed by atoms with Crippen LogP contribution in [-0.2, 0) is 4.84 Å². The molecule has 1 unspecified atom stereocenters. The highest BCUT2D eigenvalue weighted by atomic mass is 16.6. The second-order valence-corrected chi connectivity index (χ2v) is 3.29. The van der Waals surface area contributed by atoms with Crippen molar-refractivity contribution >= 4 is 5.84 Å². The van der Waals surface area contributed by atoms with Crippen LogP contribution in [0.15, 0.2) is 29.4 Å². The number of oxime groups is 1. The van der Waals surface area contributed by atoms with Gasteiger partial charge in [0.15, 0.2) is 6.10 Å². The van der Waals surface area contributed by atoms with Gasteiger partial charge in [-0.25, -0.2) is 0 Å². The molecule has 0 amide bonds. The van der Waals surface area contributed by atoms with Crippen LogP contribution in [0.25, 0.3) is 0 Å². The van der Waals surface area contributed by atoms with Gasteiger partial charge in [0.1, 0.15) is 5.84 Å². The van der Waals surface area contributed by atoms with E-state index in [1.807, 2.05) is 12.1 Å². The van der Waals surface area contributed by atoms with Gasteiger partial charge >= 0.3 is 0 Å². The second kappa shape index (κ2) is 3.09. The average molecular weight is 176 g/mol. The molecular weight excluding hydrogens is 164 g/mol. The molecule has 1 atom stereocenters. The van der Waals surface area contributed by atoms with Crippen molar-refractivity contribution in [1.29, 1.82) is 0 Å². The van der Waals surface area contributed by atoms with Gasteiger partial charge in [-0.1, -0.05) is 35.0 Å². The predicted octanol–water partition coefficient (Wildman–Crippen LogP) is 1.73. The fraction of sp³-hybridized carbons (Fsp3) is 0.300. The van der Waals surface area contributed by atoms with Crippen LogP contribution in [0.4, 0.5) is 0 Å². The lowest BCUT2D eigenvalue weighted by molar-refractivity contribution is 0.0857. The Hall–Kier alpha value is -1.51. The first kappa shape index (κ1) is 8.10. The quantitative estimate of drug-likeness (QED) is 0.708. The Labute approximate surface area is 77.2 Å². The van der Waals surface area contributed by atoms with E-state index >= 15 is 0 Å². The first-order valence-electron chi connectivity index (χ1n) is 4.30. The molecule has 3 nitrogen and oxygen atoms in total. The molecule has 0 fully saturated rings. The van der Waals surface area contributed by atoms with Crippen molar-refractivity contribution in [2.24, 2.45) is 10.9 Å². The van der Waals surface area contributed by atoms with Crippen LogP contribution in [-0.4, -0.2) is 5.84 Å². The Morgan fingerprint density at radius 2 is 2.38 bits per heavy atom. The van der Waals surface area contributed by atoms with Crippen LogP contribution in [0, 0.1) is 6.92 Å². The minimum atomic E-state index is 0.0138. The molecule has 1 aromatic carbocycles. The Morgan fingerprint density at radius 1 is 1.54 bits per heavy atom. The summed E-state index contributed by atoms with van der Waals surface area (Å²) < 4.78 is 0. The van der Waals surface area contributed by atoms with Crippen LogP contribution in [0.5, 0.6) is 0 Å². The predicted molar refractivity (Wildman–Crippen MR) is 51.2 cm³/mol. The highest BCUT2D eigenvalue weighted by Crippen LogP contribution is 2.26. The zero-order valence-electron chi connectivity index (χ0n) is 7.53. The van der Waals surface area contributed by atoms with Gasteiger partial charge in [-0.05, 0) is 12.5 Å². The maximum Gasteiger partial charge on any atom is 0.159 e. The molecule has 3 heteroatoms. The molecular formula is C10H12N2O. The molecule has 1 aromatic rings. The standard InChI is InChI=1S/C10H12N2O/c1-7-3-2-4-8(5-7)9-6-10(11)12-13-9/h2-5,9H,6H2,1H3,(H2,11,12). The normalized spacial score (nSPS) is 21.0. The number of amidine groups is 1. The highest BCUT2D eigenvalue weighted by Gasteiger charge is 2.20. The zero-order valence-corrected chi connectivity index (χ0v) is 7.53. The number of aryl methyl sites for hydroxylation is 1. The molecule has 0 spiro atoms. The summed E-state index contributed by atoms with van der Waals surface area (Å²) in [7, 11) is 0. The molecule has 0 aromatic heterocycles. The summed E-state index contributed by atoms with van der Waals surface area (Å²) in [6, 6.07) is 8.20. The number of hydrogen-bond acceptors (Lipinski definition) is 3. The lowest BCUT2D eigenvalue weighted by atomic mass is 10.0. The molecule has 2 N–H and O–H groups in total. The van der Waals surface area contributed by atoms with Gasteiger partial charge < -0.3 is 10.6 Å². The smallest absolute Gasteiger partial charge is 0.159 e. The van der Waals surface area contributed by atoms with E-state index in [4.69, 9.17) is 10.6 Å². The van der Waals surface area contributed by atoms with Crippen LogP contribution < -0.4 is 5.73 Å². The van der Waals surface area contributed by atoms with Gasteiger partial charge in [-0.2, -0.15) is 0 Å². The summed E-state index contributed by atoms with van der Waals surface area (Å²) in [6.07, 6.45) is 0.712. The largest absolute Gasteiger partial charge is 0.386 e. The van der Waals surface area contributed by atoms with E-state index in [0.29, 0.717) is 12.3 Å². The van der Waals surface area contributed by atoms with Gasteiger partial charge in [-0.15, -0.1) is 0 Å². The molecule has 1 heterocycles. The molecule has 0 radical (unpaired) electrons. The maximum atomic E-state index is 5.53. The third-order valence-electron chi connectivity index (χ3n) is 2.11. The van der Waals surface area contributed by atoms with E-state index < -0.39 is 0 Å². The first-order valence-corrected chi connectivity index (χ1v) is 4.30. The molecule has 0 aliphatic carbocycles. The van der Waals surface area contributed by atoms with Crippen molar-refractivity contribution < 1.29 is 4.84 Å². The zero-order chi connectivity index (χ0) is 9.26. The van der Waals surface area contributed by atoms with Gasteiger partial charge in [-0.3, -0.25) is 0 Å². The van der Waals surface area contributed by atoms with Crippen LogP contribution >= 0.6 is 0 Å². The molecule has 0 bridgehead atoms. The lowest BCUT2D eigenvalue weighted by Gasteiger charge is -2.08. The number of benzene rings is 1. The van der Waals surface area contributed by atoms with E-state index in [9.17, 15) is 0 Å².